The number of amides is 1. The van der Waals surface area contributed by atoms with E-state index in [4.69, 9.17) is 21.3 Å². The molecule has 5 rings (SSSR count). The van der Waals surface area contributed by atoms with Gasteiger partial charge in [0.25, 0.3) is 5.56 Å². The maximum Gasteiger partial charge on any atom is 0.267 e. The van der Waals surface area contributed by atoms with E-state index in [2.05, 4.69) is 5.32 Å². The first-order chi connectivity index (χ1) is 16.9. The Labute approximate surface area is 216 Å². The van der Waals surface area contributed by atoms with E-state index in [0.29, 0.717) is 32.7 Å². The van der Waals surface area contributed by atoms with Crippen molar-refractivity contribution in [2.24, 2.45) is 0 Å². The van der Waals surface area contributed by atoms with E-state index in [9.17, 15) is 9.59 Å². The molecule has 0 bridgehead atoms. The number of fused-ring (bicyclic) bond motifs is 3. The first kappa shape index (κ1) is 23.9. The van der Waals surface area contributed by atoms with Gasteiger partial charge in [0, 0.05) is 15.6 Å². The molecule has 2 aromatic heterocycles. The number of anilines is 1. The molecule has 0 saturated heterocycles. The molecule has 2 heterocycles. The van der Waals surface area contributed by atoms with Crippen LogP contribution in [0.1, 0.15) is 28.8 Å². The third kappa shape index (κ3) is 4.83. The number of halogens is 1. The van der Waals surface area contributed by atoms with Crippen LogP contribution < -0.4 is 15.6 Å². The summed E-state index contributed by atoms with van der Waals surface area (Å²) in [5.74, 6) is 0.612. The number of benzene rings is 2. The zero-order chi connectivity index (χ0) is 24.5. The van der Waals surface area contributed by atoms with E-state index in [0.717, 1.165) is 41.6 Å². The second kappa shape index (κ2) is 10.0. The highest BCUT2D eigenvalue weighted by Crippen LogP contribution is 2.35. The van der Waals surface area contributed by atoms with E-state index in [1.807, 2.05) is 37.3 Å². The fraction of sp³-hybridized carbons (Fsp3) is 0.269. The molecule has 0 atom stereocenters. The molecule has 0 aliphatic heterocycles. The molecule has 0 radical (unpaired) electrons. The van der Waals surface area contributed by atoms with Crippen molar-refractivity contribution in [1.29, 1.82) is 0 Å². The predicted octanol–water partition coefficient (Wildman–Crippen LogP) is 6.03. The number of carbonyl (C=O) groups excluding carboxylic acids is 1. The molecule has 1 amide bonds. The van der Waals surface area contributed by atoms with Crippen LogP contribution in [-0.2, 0) is 17.6 Å². The molecule has 1 aliphatic rings. The van der Waals surface area contributed by atoms with Crippen LogP contribution in [-0.4, -0.2) is 28.3 Å². The molecule has 1 aliphatic carbocycles. The van der Waals surface area contributed by atoms with Crippen LogP contribution >= 0.6 is 34.7 Å². The molecule has 0 saturated carbocycles. The van der Waals surface area contributed by atoms with Gasteiger partial charge in [0.2, 0.25) is 5.91 Å². The van der Waals surface area contributed by atoms with Crippen LogP contribution in [0.5, 0.6) is 5.75 Å². The zero-order valence-corrected chi connectivity index (χ0v) is 21.8. The third-order valence-corrected chi connectivity index (χ3v) is 8.45. The van der Waals surface area contributed by atoms with E-state index in [1.54, 1.807) is 35.1 Å². The number of aromatic nitrogens is 2. The van der Waals surface area contributed by atoms with Crippen molar-refractivity contribution in [3.63, 3.8) is 0 Å². The van der Waals surface area contributed by atoms with Gasteiger partial charge in [-0.15, -0.1) is 11.3 Å². The largest absolute Gasteiger partial charge is 0.497 e. The van der Waals surface area contributed by atoms with Gasteiger partial charge in [-0.25, -0.2) is 4.98 Å². The first-order valence-corrected chi connectivity index (χ1v) is 13.5. The SMILES string of the molecule is COc1ccc(-n2c(SCC(=O)Nc3cc(Cl)ccc3C)nc3sc4c(c3c2=O)CCCC4)cc1. The maximum atomic E-state index is 13.8. The summed E-state index contributed by atoms with van der Waals surface area (Å²) in [4.78, 5) is 33.5. The summed E-state index contributed by atoms with van der Waals surface area (Å²) in [5.41, 5.74) is 3.33. The summed E-state index contributed by atoms with van der Waals surface area (Å²) in [5, 5.41) is 4.67. The summed E-state index contributed by atoms with van der Waals surface area (Å²) in [6, 6.07) is 12.7. The van der Waals surface area contributed by atoms with Crippen LogP contribution in [0.4, 0.5) is 5.69 Å². The normalized spacial score (nSPS) is 13.0. The highest BCUT2D eigenvalue weighted by molar-refractivity contribution is 7.99. The number of ether oxygens (including phenoxy) is 1. The molecule has 0 fully saturated rings. The average molecular weight is 526 g/mol. The van der Waals surface area contributed by atoms with Crippen LogP contribution in [0.15, 0.2) is 52.4 Å². The fourth-order valence-electron chi connectivity index (χ4n) is 4.29. The van der Waals surface area contributed by atoms with Gasteiger partial charge in [-0.2, -0.15) is 0 Å². The lowest BCUT2D eigenvalue weighted by molar-refractivity contribution is -0.113. The third-order valence-electron chi connectivity index (χ3n) is 6.09. The molecule has 6 nitrogen and oxygen atoms in total. The predicted molar refractivity (Wildman–Crippen MR) is 144 cm³/mol. The quantitative estimate of drug-likeness (QED) is 0.246. The Balaban J connectivity index is 1.52. The monoisotopic (exact) mass is 525 g/mol. The van der Waals surface area contributed by atoms with Gasteiger partial charge in [0.1, 0.15) is 10.6 Å². The number of nitrogens with zero attached hydrogens (tertiary/aromatic N) is 2. The van der Waals surface area contributed by atoms with Gasteiger partial charge in [-0.1, -0.05) is 29.4 Å². The molecule has 35 heavy (non-hydrogen) atoms. The Hall–Kier alpha value is -2.81. The molecule has 9 heteroatoms. The van der Waals surface area contributed by atoms with Gasteiger partial charge in [-0.05, 0) is 80.1 Å². The number of thiophene rings is 1. The number of aryl methyl sites for hydroxylation is 3. The second-order valence-electron chi connectivity index (χ2n) is 8.42. The molecule has 4 aromatic rings. The average Bonchev–Trinajstić information content (AvgIpc) is 3.24. The van der Waals surface area contributed by atoms with Crippen molar-refractivity contribution in [3.05, 3.63) is 73.8 Å². The van der Waals surface area contributed by atoms with Crippen LogP contribution in [0.25, 0.3) is 15.9 Å². The smallest absolute Gasteiger partial charge is 0.267 e. The number of methoxy groups -OCH3 is 1. The zero-order valence-electron chi connectivity index (χ0n) is 19.4. The van der Waals surface area contributed by atoms with Crippen LogP contribution in [0.3, 0.4) is 0 Å². The lowest BCUT2D eigenvalue weighted by atomic mass is 9.97. The van der Waals surface area contributed by atoms with Crippen molar-refractivity contribution < 1.29 is 9.53 Å². The first-order valence-electron chi connectivity index (χ1n) is 11.3. The van der Waals surface area contributed by atoms with E-state index < -0.39 is 0 Å². The minimum absolute atomic E-state index is 0.0897. The summed E-state index contributed by atoms with van der Waals surface area (Å²) in [6.45, 7) is 1.91. The van der Waals surface area contributed by atoms with Crippen molar-refractivity contribution in [2.75, 3.05) is 18.2 Å². The van der Waals surface area contributed by atoms with Gasteiger partial charge >= 0.3 is 0 Å². The fourth-order valence-corrected chi connectivity index (χ4v) is 6.57. The summed E-state index contributed by atoms with van der Waals surface area (Å²) >= 11 is 8.94. The molecular weight excluding hydrogens is 502 g/mol. The molecular formula is C26H24ClN3O3S2. The van der Waals surface area contributed by atoms with E-state index >= 15 is 0 Å². The topological polar surface area (TPSA) is 73.2 Å². The van der Waals surface area contributed by atoms with Crippen molar-refractivity contribution in [2.45, 2.75) is 37.8 Å². The van der Waals surface area contributed by atoms with Crippen LogP contribution in [0, 0.1) is 6.92 Å². The maximum absolute atomic E-state index is 13.8. The highest BCUT2D eigenvalue weighted by atomic mass is 35.5. The minimum atomic E-state index is -0.193. The van der Waals surface area contributed by atoms with E-state index in [-0.39, 0.29) is 17.2 Å². The minimum Gasteiger partial charge on any atom is -0.497 e. The Bertz CT molecular complexity index is 1480. The Morgan fingerprint density at radius 3 is 2.74 bits per heavy atom. The summed E-state index contributed by atoms with van der Waals surface area (Å²) in [6.07, 6.45) is 4.11. The number of nitrogens with one attached hydrogen (secondary N) is 1. The summed E-state index contributed by atoms with van der Waals surface area (Å²) in [7, 11) is 1.61. The molecule has 0 unspecified atom stereocenters. The van der Waals surface area contributed by atoms with Gasteiger partial charge < -0.3 is 10.1 Å². The molecule has 2 aromatic carbocycles. The van der Waals surface area contributed by atoms with Crippen molar-refractivity contribution >= 4 is 56.5 Å². The lowest BCUT2D eigenvalue weighted by Gasteiger charge is -2.14. The van der Waals surface area contributed by atoms with Crippen molar-refractivity contribution in [3.8, 4) is 11.4 Å². The summed E-state index contributed by atoms with van der Waals surface area (Å²) < 4.78 is 6.90. The Morgan fingerprint density at radius 1 is 1.20 bits per heavy atom. The molecule has 0 spiro atoms. The van der Waals surface area contributed by atoms with Gasteiger partial charge in [0.15, 0.2) is 5.16 Å². The number of hydrogen-bond acceptors (Lipinski definition) is 6. The van der Waals surface area contributed by atoms with E-state index in [1.165, 1.54) is 16.6 Å². The van der Waals surface area contributed by atoms with Crippen LogP contribution in [0.2, 0.25) is 5.02 Å². The number of carbonyl (C=O) groups is 1. The number of rotatable bonds is 6. The Morgan fingerprint density at radius 2 is 1.97 bits per heavy atom. The highest BCUT2D eigenvalue weighted by Gasteiger charge is 2.23. The van der Waals surface area contributed by atoms with Gasteiger partial charge in [-0.3, -0.25) is 14.2 Å². The molecule has 1 N–H and O–H groups in total. The second-order valence-corrected chi connectivity index (χ2v) is 10.9. The van der Waals surface area contributed by atoms with Crippen molar-refractivity contribution in [1.82, 2.24) is 9.55 Å². The number of hydrogen-bond donors (Lipinski definition) is 1. The molecule has 180 valence electrons. The lowest BCUT2D eigenvalue weighted by Crippen LogP contribution is -2.23. The Kier molecular flexibility index (Phi) is 6.86. The van der Waals surface area contributed by atoms with Gasteiger partial charge in [0.05, 0.1) is 23.9 Å². The standard InChI is InChI=1S/C26H24ClN3O3S2/c1-15-7-8-16(27)13-20(15)28-22(31)14-34-26-29-24-23(19-5-3-4-6-21(19)35-24)25(32)30(26)17-9-11-18(33-2)12-10-17/h7-13H,3-6,14H2,1-2H3,(H,28,31). The number of thioether (sulfide) groups is 1.